The van der Waals surface area contributed by atoms with E-state index in [0.717, 1.165) is 55.8 Å². The van der Waals surface area contributed by atoms with Gasteiger partial charge in [-0.3, -0.25) is 4.98 Å². The van der Waals surface area contributed by atoms with Crippen LogP contribution < -0.4 is 4.90 Å². The van der Waals surface area contributed by atoms with Gasteiger partial charge in [0.1, 0.15) is 0 Å². The van der Waals surface area contributed by atoms with Crippen LogP contribution in [0.15, 0.2) is 267 Å². The summed E-state index contributed by atoms with van der Waals surface area (Å²) in [7, 11) is 0. The molecule has 0 fully saturated rings. The van der Waals surface area contributed by atoms with Crippen LogP contribution in [0.5, 0.6) is 0 Å². The number of rotatable bonds is 6. The van der Waals surface area contributed by atoms with Crippen LogP contribution in [0.3, 0.4) is 0 Å². The molecule has 2 heterocycles. The third kappa shape index (κ3) is 5.99. The Balaban J connectivity index is 0.770. The highest BCUT2D eigenvalue weighted by atomic mass is 15.1. The van der Waals surface area contributed by atoms with Crippen LogP contribution in [0.4, 0.5) is 17.1 Å². The first kappa shape index (κ1) is 41.7. The highest BCUT2D eigenvalue weighted by Gasteiger charge is 2.51. The zero-order chi connectivity index (χ0) is 49.2. The fraction of sp³-hybridized carbons (Fsp3) is 0.0141. The van der Waals surface area contributed by atoms with Gasteiger partial charge < -0.3 is 9.47 Å². The van der Waals surface area contributed by atoms with Gasteiger partial charge in [0.05, 0.1) is 39.4 Å². The van der Waals surface area contributed by atoms with E-state index in [0.29, 0.717) is 0 Å². The van der Waals surface area contributed by atoms with Crippen molar-refractivity contribution in [3.8, 4) is 50.3 Å². The molecular weight excluding hydrogens is 909 g/mol. The lowest BCUT2D eigenvalue weighted by Crippen LogP contribution is -2.25. The molecular formula is C71H44N4. The Kier molecular flexibility index (Phi) is 8.92. The average Bonchev–Trinajstić information content (AvgIpc) is 4.26. The van der Waals surface area contributed by atoms with Gasteiger partial charge >= 0.3 is 0 Å². The summed E-state index contributed by atoms with van der Waals surface area (Å²) in [6.07, 6.45) is 1.91. The normalized spacial score (nSPS) is 12.9. The molecule has 0 bridgehead atoms. The smallest absolute Gasteiger partial charge is 0.0979 e. The van der Waals surface area contributed by atoms with E-state index in [9.17, 15) is 0 Å². The third-order valence-electron chi connectivity index (χ3n) is 16.2. The van der Waals surface area contributed by atoms with Crippen molar-refractivity contribution in [2.75, 3.05) is 4.90 Å². The highest BCUT2D eigenvalue weighted by Crippen LogP contribution is 2.63. The Hall–Kier alpha value is -9.90. The van der Waals surface area contributed by atoms with Crippen LogP contribution >= 0.6 is 0 Å². The summed E-state index contributed by atoms with van der Waals surface area (Å²) in [6.45, 7) is 0. The molecule has 0 atom stereocenters. The van der Waals surface area contributed by atoms with Gasteiger partial charge in [0.2, 0.25) is 0 Å². The summed E-state index contributed by atoms with van der Waals surface area (Å²) in [5.74, 6) is 0. The molecule has 0 radical (unpaired) electrons. The molecule has 75 heavy (non-hydrogen) atoms. The summed E-state index contributed by atoms with van der Waals surface area (Å²) >= 11 is 0. The molecule has 0 N–H and O–H groups in total. The van der Waals surface area contributed by atoms with E-state index in [-0.39, 0.29) is 5.41 Å². The predicted molar refractivity (Wildman–Crippen MR) is 311 cm³/mol. The molecule has 16 rings (SSSR count). The summed E-state index contributed by atoms with van der Waals surface area (Å²) < 4.78 is 2.41. The maximum atomic E-state index is 5.28. The van der Waals surface area contributed by atoms with Gasteiger partial charge in [-0.25, -0.2) is 4.98 Å². The van der Waals surface area contributed by atoms with Gasteiger partial charge in [0.25, 0.3) is 0 Å². The second-order valence-electron chi connectivity index (χ2n) is 20.0. The van der Waals surface area contributed by atoms with E-state index < -0.39 is 0 Å². The van der Waals surface area contributed by atoms with E-state index in [4.69, 9.17) is 9.97 Å². The van der Waals surface area contributed by atoms with E-state index in [2.05, 4.69) is 270 Å². The molecule has 2 aliphatic carbocycles. The first-order valence-electron chi connectivity index (χ1n) is 25.8. The predicted octanol–water partition coefficient (Wildman–Crippen LogP) is 18.2. The topological polar surface area (TPSA) is 34.0 Å². The number of fused-ring (bicyclic) bond motifs is 19. The molecule has 0 amide bonds. The molecule has 2 aromatic heterocycles. The number of hydrogen-bond donors (Lipinski definition) is 0. The fourth-order valence-corrected chi connectivity index (χ4v) is 13.0. The lowest BCUT2D eigenvalue weighted by atomic mass is 9.70. The van der Waals surface area contributed by atoms with Crippen LogP contribution in [-0.4, -0.2) is 14.5 Å². The van der Waals surface area contributed by atoms with Crippen molar-refractivity contribution in [2.45, 2.75) is 5.41 Å². The number of para-hydroxylation sites is 2. The lowest BCUT2D eigenvalue weighted by molar-refractivity contribution is 0.794. The van der Waals surface area contributed by atoms with Crippen molar-refractivity contribution in [1.82, 2.24) is 14.5 Å². The maximum absolute atomic E-state index is 5.28. The van der Waals surface area contributed by atoms with Gasteiger partial charge in [0.15, 0.2) is 0 Å². The van der Waals surface area contributed by atoms with Crippen LogP contribution in [0.25, 0.3) is 105 Å². The van der Waals surface area contributed by atoms with Crippen molar-refractivity contribution in [1.29, 1.82) is 0 Å². The molecule has 14 aromatic rings. The molecule has 0 saturated carbocycles. The van der Waals surface area contributed by atoms with Crippen LogP contribution in [-0.2, 0) is 5.41 Å². The van der Waals surface area contributed by atoms with E-state index in [1.54, 1.807) is 0 Å². The third-order valence-corrected chi connectivity index (χ3v) is 16.2. The van der Waals surface area contributed by atoms with Gasteiger partial charge in [-0.1, -0.05) is 188 Å². The van der Waals surface area contributed by atoms with Gasteiger partial charge in [-0.15, -0.1) is 0 Å². The van der Waals surface area contributed by atoms with Crippen molar-refractivity contribution < 1.29 is 0 Å². The highest BCUT2D eigenvalue weighted by molar-refractivity contribution is 6.23. The van der Waals surface area contributed by atoms with Crippen molar-refractivity contribution in [3.05, 3.63) is 289 Å². The van der Waals surface area contributed by atoms with Crippen molar-refractivity contribution >= 4 is 71.4 Å². The molecule has 0 saturated heterocycles. The molecule has 4 heteroatoms. The fourth-order valence-electron chi connectivity index (χ4n) is 13.0. The minimum atomic E-state index is -0.388. The quantitative estimate of drug-likeness (QED) is 0.156. The van der Waals surface area contributed by atoms with Crippen LogP contribution in [0.1, 0.15) is 22.3 Å². The standard InChI is InChI=1S/C71H44N4/c1-2-16-48(17-3-1)74(49-34-30-45(31-35-49)66-44-72-69-59-24-6-4-18-52(59)53-19-5-7-25-60(53)70(69)73-66)50-36-38-51(39-37-50)75-67-29-15-11-23-58(67)61-42-46(33-41-68(61)75)47-32-40-57-56-22-10-14-28-64(56)71(65(57)43-47)62-26-12-8-20-54(62)55-21-9-13-27-63(55)71/h1-44H. The molecule has 0 aliphatic heterocycles. The number of aromatic nitrogens is 3. The average molecular weight is 953 g/mol. The molecule has 2 aliphatic rings. The summed E-state index contributed by atoms with van der Waals surface area (Å²) in [5.41, 5.74) is 23.1. The maximum Gasteiger partial charge on any atom is 0.0979 e. The number of benzene rings is 12. The molecule has 0 unspecified atom stereocenters. The first-order valence-corrected chi connectivity index (χ1v) is 25.8. The molecule has 348 valence electrons. The van der Waals surface area contributed by atoms with E-state index in [1.807, 2.05) is 6.20 Å². The van der Waals surface area contributed by atoms with Crippen molar-refractivity contribution in [3.63, 3.8) is 0 Å². The zero-order valence-electron chi connectivity index (χ0n) is 40.7. The Labute approximate surface area is 433 Å². The second-order valence-corrected chi connectivity index (χ2v) is 20.0. The van der Waals surface area contributed by atoms with E-state index >= 15 is 0 Å². The number of anilines is 3. The van der Waals surface area contributed by atoms with Gasteiger partial charge in [-0.2, -0.15) is 0 Å². The summed E-state index contributed by atoms with van der Waals surface area (Å²) in [4.78, 5) is 12.6. The van der Waals surface area contributed by atoms with Crippen molar-refractivity contribution in [2.24, 2.45) is 0 Å². The summed E-state index contributed by atoms with van der Waals surface area (Å²) in [6, 6.07) is 95.5. The minimum Gasteiger partial charge on any atom is -0.311 e. The Morgan fingerprint density at radius 2 is 0.787 bits per heavy atom. The van der Waals surface area contributed by atoms with Gasteiger partial charge in [-0.05, 0) is 139 Å². The number of hydrogen-bond acceptors (Lipinski definition) is 3. The summed E-state index contributed by atoms with van der Waals surface area (Å²) in [5, 5.41) is 7.06. The monoisotopic (exact) mass is 952 g/mol. The first-order chi connectivity index (χ1) is 37.2. The van der Waals surface area contributed by atoms with E-state index in [1.165, 1.54) is 88.2 Å². The lowest BCUT2D eigenvalue weighted by Gasteiger charge is -2.30. The Morgan fingerprint density at radius 3 is 1.44 bits per heavy atom. The SMILES string of the molecule is c1ccc(N(c2ccc(-c3cnc4c5ccccc5c5ccccc5c4n3)cc2)c2ccc(-n3c4ccccc4c4cc(-c5ccc6c(c5)C5(c7ccccc7-c7ccccc75)c5ccccc5-6)ccc43)cc2)cc1. The Bertz CT molecular complexity index is 4550. The van der Waals surface area contributed by atoms with Crippen LogP contribution in [0.2, 0.25) is 0 Å². The molecule has 12 aromatic carbocycles. The minimum absolute atomic E-state index is 0.388. The van der Waals surface area contributed by atoms with Crippen LogP contribution in [0, 0.1) is 0 Å². The number of nitrogens with zero attached hydrogens (tertiary/aromatic N) is 4. The molecule has 4 nitrogen and oxygen atoms in total. The second kappa shape index (κ2) is 16.1. The molecule has 1 spiro atoms. The largest absolute Gasteiger partial charge is 0.311 e. The Morgan fingerprint density at radius 1 is 0.320 bits per heavy atom. The van der Waals surface area contributed by atoms with Gasteiger partial charge in [0, 0.05) is 49.9 Å². The zero-order valence-corrected chi connectivity index (χ0v) is 40.7.